The minimum atomic E-state index is -4.77. The van der Waals surface area contributed by atoms with Crippen molar-refractivity contribution in [3.05, 3.63) is 78.8 Å². The van der Waals surface area contributed by atoms with Gasteiger partial charge in [0.2, 0.25) is 5.91 Å². The molecule has 11 heteroatoms. The van der Waals surface area contributed by atoms with Crippen LogP contribution in [0, 0.1) is 0 Å². The van der Waals surface area contributed by atoms with Crippen molar-refractivity contribution in [2.75, 3.05) is 38.0 Å². The molecule has 5 rings (SSSR count). The molecule has 2 aromatic heterocycles. The van der Waals surface area contributed by atoms with E-state index in [1.807, 2.05) is 4.90 Å². The number of halogens is 3. The Balaban J connectivity index is 1.25. The van der Waals surface area contributed by atoms with Crippen molar-refractivity contribution in [2.45, 2.75) is 25.7 Å². The van der Waals surface area contributed by atoms with Crippen LogP contribution >= 0.6 is 0 Å². The number of hydrogen-bond donors (Lipinski definition) is 1. The van der Waals surface area contributed by atoms with Crippen LogP contribution in [0.2, 0.25) is 0 Å². The molecule has 2 aliphatic rings. The van der Waals surface area contributed by atoms with Crippen molar-refractivity contribution in [3.63, 3.8) is 0 Å². The molecule has 1 fully saturated rings. The topological polar surface area (TPSA) is 75.0 Å². The summed E-state index contributed by atoms with van der Waals surface area (Å²) in [6.07, 6.45) is 11.8. The highest BCUT2D eigenvalue weighted by Gasteiger charge is 2.31. The standard InChI is InChI=1S/C28H29F3N6O2/c1-20(21-6-4-2-3-5-7-21)35-14-16-36(17-15-35)25(38)19-33-27-26(34-24-18-32-12-13-37(24)27)22-8-10-23(11-9-22)39-28(29,30)31/h2,4-13,18,20,33H,3,14-17,19H2,1H3. The van der Waals surface area contributed by atoms with E-state index in [4.69, 9.17) is 0 Å². The lowest BCUT2D eigenvalue weighted by molar-refractivity contribution is -0.274. The van der Waals surface area contributed by atoms with Crippen molar-refractivity contribution in [1.29, 1.82) is 0 Å². The molecule has 39 heavy (non-hydrogen) atoms. The highest BCUT2D eigenvalue weighted by Crippen LogP contribution is 2.31. The number of alkyl halides is 3. The maximum absolute atomic E-state index is 13.1. The smallest absolute Gasteiger partial charge is 0.406 e. The zero-order valence-corrected chi connectivity index (χ0v) is 21.4. The predicted octanol–water partition coefficient (Wildman–Crippen LogP) is 4.68. The third-order valence-electron chi connectivity index (χ3n) is 6.90. The van der Waals surface area contributed by atoms with E-state index in [1.54, 1.807) is 23.0 Å². The molecule has 3 heterocycles. The van der Waals surface area contributed by atoms with Crippen molar-refractivity contribution in [1.82, 2.24) is 24.2 Å². The zero-order valence-electron chi connectivity index (χ0n) is 21.4. The Labute approximate surface area is 224 Å². The van der Waals surface area contributed by atoms with Gasteiger partial charge < -0.3 is 15.0 Å². The molecule has 1 aliphatic carbocycles. The van der Waals surface area contributed by atoms with Crippen LogP contribution in [0.4, 0.5) is 19.0 Å². The first-order valence-corrected chi connectivity index (χ1v) is 12.8. The number of ether oxygens (including phenoxy) is 1. The van der Waals surface area contributed by atoms with E-state index in [1.165, 1.54) is 29.8 Å². The number of hydrogen-bond acceptors (Lipinski definition) is 6. The quantitative estimate of drug-likeness (QED) is 0.471. The number of imidazole rings is 1. The first-order valence-electron chi connectivity index (χ1n) is 12.8. The Kier molecular flexibility index (Phi) is 7.69. The number of aromatic nitrogens is 3. The molecule has 0 spiro atoms. The van der Waals surface area contributed by atoms with Gasteiger partial charge in [0.05, 0.1) is 12.7 Å². The van der Waals surface area contributed by atoms with E-state index in [-0.39, 0.29) is 24.2 Å². The van der Waals surface area contributed by atoms with Crippen molar-refractivity contribution in [3.8, 4) is 17.0 Å². The summed E-state index contributed by atoms with van der Waals surface area (Å²) in [5.41, 5.74) is 2.87. The van der Waals surface area contributed by atoms with Crippen molar-refractivity contribution < 1.29 is 22.7 Å². The summed E-state index contributed by atoms with van der Waals surface area (Å²) in [4.78, 5) is 26.0. The van der Waals surface area contributed by atoms with Gasteiger partial charge in [-0.15, -0.1) is 13.2 Å². The predicted molar refractivity (Wildman–Crippen MR) is 142 cm³/mol. The largest absolute Gasteiger partial charge is 0.573 e. The van der Waals surface area contributed by atoms with E-state index >= 15 is 0 Å². The Bertz CT molecular complexity index is 1400. The van der Waals surface area contributed by atoms with Crippen LogP contribution < -0.4 is 10.1 Å². The average molecular weight is 539 g/mol. The molecule has 204 valence electrons. The van der Waals surface area contributed by atoms with Gasteiger partial charge in [-0.1, -0.05) is 30.4 Å². The number of anilines is 1. The second-order valence-corrected chi connectivity index (χ2v) is 9.36. The average Bonchev–Trinajstić information content (AvgIpc) is 3.08. The van der Waals surface area contributed by atoms with Crippen molar-refractivity contribution >= 4 is 17.4 Å². The van der Waals surface area contributed by atoms with Crippen LogP contribution in [-0.4, -0.2) is 75.2 Å². The second-order valence-electron chi connectivity index (χ2n) is 9.36. The number of benzene rings is 1. The fraction of sp³-hybridized carbons (Fsp3) is 0.321. The van der Waals surface area contributed by atoms with Crippen LogP contribution in [0.3, 0.4) is 0 Å². The fourth-order valence-corrected chi connectivity index (χ4v) is 4.81. The highest BCUT2D eigenvalue weighted by molar-refractivity contribution is 5.84. The molecule has 1 amide bonds. The SMILES string of the molecule is CC(C1=CC=CCC=C1)N1CCN(C(=O)CNc2c(-c3ccc(OC(F)(F)F)cc3)nc3cnccn23)CC1. The van der Waals surface area contributed by atoms with Gasteiger partial charge in [0.15, 0.2) is 5.65 Å². The number of carbonyl (C=O) groups excluding carboxylic acids is 1. The molecule has 1 N–H and O–H groups in total. The zero-order chi connectivity index (χ0) is 27.4. The van der Waals surface area contributed by atoms with E-state index in [9.17, 15) is 18.0 Å². The Morgan fingerprint density at radius 3 is 2.64 bits per heavy atom. The molecule has 1 unspecified atom stereocenters. The third kappa shape index (κ3) is 6.31. The molecule has 0 bridgehead atoms. The van der Waals surface area contributed by atoms with Crippen LogP contribution in [0.1, 0.15) is 13.3 Å². The Hall–Kier alpha value is -4.12. The maximum Gasteiger partial charge on any atom is 0.573 e. The van der Waals surface area contributed by atoms with E-state index in [2.05, 4.69) is 62.2 Å². The summed E-state index contributed by atoms with van der Waals surface area (Å²) in [5, 5.41) is 3.21. The number of fused-ring (bicyclic) bond motifs is 1. The van der Waals surface area contributed by atoms with E-state index in [0.717, 1.165) is 19.5 Å². The lowest BCUT2D eigenvalue weighted by Crippen LogP contribution is -2.52. The minimum Gasteiger partial charge on any atom is -0.406 e. The van der Waals surface area contributed by atoms with Crippen LogP contribution in [0.5, 0.6) is 5.75 Å². The number of allylic oxidation sites excluding steroid dienone is 4. The van der Waals surface area contributed by atoms with Gasteiger partial charge in [0, 0.05) is 50.2 Å². The lowest BCUT2D eigenvalue weighted by atomic mass is 10.1. The highest BCUT2D eigenvalue weighted by atomic mass is 19.4. The minimum absolute atomic E-state index is 0.0392. The molecule has 1 atom stereocenters. The summed E-state index contributed by atoms with van der Waals surface area (Å²) in [6.45, 7) is 5.05. The second kappa shape index (κ2) is 11.3. The van der Waals surface area contributed by atoms with Gasteiger partial charge in [-0.3, -0.25) is 19.1 Å². The van der Waals surface area contributed by atoms with Crippen LogP contribution in [0.25, 0.3) is 16.9 Å². The van der Waals surface area contributed by atoms with E-state index < -0.39 is 6.36 Å². The normalized spacial score (nSPS) is 17.1. The van der Waals surface area contributed by atoms with Crippen LogP contribution in [-0.2, 0) is 4.79 Å². The molecular weight excluding hydrogens is 509 g/mol. The number of nitrogens with zero attached hydrogens (tertiary/aromatic N) is 5. The van der Waals surface area contributed by atoms with Crippen LogP contribution in [0.15, 0.2) is 78.8 Å². The van der Waals surface area contributed by atoms with Gasteiger partial charge in [-0.05, 0) is 43.2 Å². The lowest BCUT2D eigenvalue weighted by Gasteiger charge is -2.38. The first-order chi connectivity index (χ1) is 18.8. The monoisotopic (exact) mass is 538 g/mol. The maximum atomic E-state index is 13.1. The number of rotatable bonds is 7. The summed E-state index contributed by atoms with van der Waals surface area (Å²) in [6, 6.07) is 5.73. The fourth-order valence-electron chi connectivity index (χ4n) is 4.81. The number of amides is 1. The first kappa shape index (κ1) is 26.5. The molecule has 1 saturated heterocycles. The molecule has 8 nitrogen and oxygen atoms in total. The third-order valence-corrected chi connectivity index (χ3v) is 6.90. The molecule has 3 aromatic rings. The molecule has 0 saturated carbocycles. The van der Waals surface area contributed by atoms with E-state index in [0.29, 0.717) is 35.8 Å². The van der Waals surface area contributed by atoms with Gasteiger partial charge in [0.1, 0.15) is 17.3 Å². The Morgan fingerprint density at radius 1 is 1.13 bits per heavy atom. The van der Waals surface area contributed by atoms with Gasteiger partial charge in [-0.25, -0.2) is 4.98 Å². The molecule has 1 aromatic carbocycles. The summed E-state index contributed by atoms with van der Waals surface area (Å²) < 4.78 is 43.4. The summed E-state index contributed by atoms with van der Waals surface area (Å²) >= 11 is 0. The summed E-state index contributed by atoms with van der Waals surface area (Å²) in [5.74, 6) is 0.193. The number of piperazine rings is 1. The molecule has 1 aliphatic heterocycles. The number of carbonyl (C=O) groups is 1. The number of nitrogens with one attached hydrogen (secondary N) is 1. The van der Waals surface area contributed by atoms with Gasteiger partial charge in [0.25, 0.3) is 0 Å². The van der Waals surface area contributed by atoms with Crippen molar-refractivity contribution in [2.24, 2.45) is 0 Å². The molecular formula is C28H29F3N6O2. The van der Waals surface area contributed by atoms with Gasteiger partial charge >= 0.3 is 6.36 Å². The summed E-state index contributed by atoms with van der Waals surface area (Å²) in [7, 11) is 0. The molecule has 0 radical (unpaired) electrons. The Morgan fingerprint density at radius 2 is 1.90 bits per heavy atom. The van der Waals surface area contributed by atoms with Gasteiger partial charge in [-0.2, -0.15) is 0 Å².